The quantitative estimate of drug-likeness (QED) is 0.226. The van der Waals surface area contributed by atoms with E-state index in [1.165, 1.54) is 35.7 Å². The standard InChI is InChI=1S/C20H14Cl3F6N3O2/c21-14-7-12(8-15(22)16(14)23)13(20(27,28)29)6-3-10-1-4-11(5-2-10)17(33)31-32-18(34)30-9-19(24,25)26/h1-8,13H,9H2,(H,31,33)(H2,30,32,34). The summed E-state index contributed by atoms with van der Waals surface area (Å²) < 4.78 is 76.8. The van der Waals surface area contributed by atoms with Crippen molar-refractivity contribution in [2.75, 3.05) is 6.54 Å². The maximum absolute atomic E-state index is 13.6. The van der Waals surface area contributed by atoms with Crippen molar-refractivity contribution in [3.8, 4) is 0 Å². The zero-order valence-corrected chi connectivity index (χ0v) is 18.9. The number of allylic oxidation sites excluding steroid dienone is 1. The van der Waals surface area contributed by atoms with E-state index in [0.717, 1.165) is 18.2 Å². The topological polar surface area (TPSA) is 70.2 Å². The minimum absolute atomic E-state index is 0.0168. The van der Waals surface area contributed by atoms with E-state index in [1.807, 2.05) is 5.43 Å². The monoisotopic (exact) mass is 547 g/mol. The van der Waals surface area contributed by atoms with Crippen LogP contribution in [0.4, 0.5) is 31.1 Å². The van der Waals surface area contributed by atoms with Crippen LogP contribution in [0.1, 0.15) is 27.4 Å². The van der Waals surface area contributed by atoms with Crippen LogP contribution in [0.5, 0.6) is 0 Å². The van der Waals surface area contributed by atoms with Crippen LogP contribution in [-0.4, -0.2) is 30.8 Å². The Morgan fingerprint density at radius 3 is 1.97 bits per heavy atom. The first kappa shape index (κ1) is 27.6. The second-order valence-corrected chi connectivity index (χ2v) is 7.87. The van der Waals surface area contributed by atoms with Crippen molar-refractivity contribution in [3.63, 3.8) is 0 Å². The molecule has 0 aliphatic heterocycles. The fourth-order valence-electron chi connectivity index (χ4n) is 2.53. The first-order chi connectivity index (χ1) is 15.7. The molecule has 0 aromatic heterocycles. The number of benzene rings is 2. The van der Waals surface area contributed by atoms with Gasteiger partial charge in [-0.25, -0.2) is 10.2 Å². The number of urea groups is 1. The van der Waals surface area contributed by atoms with Crippen molar-refractivity contribution in [3.05, 3.63) is 74.2 Å². The van der Waals surface area contributed by atoms with E-state index in [0.29, 0.717) is 5.56 Å². The molecule has 0 bridgehead atoms. The van der Waals surface area contributed by atoms with Crippen LogP contribution >= 0.6 is 34.8 Å². The number of hydrogen-bond donors (Lipinski definition) is 3. The lowest BCUT2D eigenvalue weighted by atomic mass is 9.97. The molecule has 0 fully saturated rings. The SMILES string of the molecule is O=C(NCC(F)(F)F)NNC(=O)c1ccc(C=CC(c2cc(Cl)c(Cl)c(Cl)c2)C(F)(F)F)cc1. The maximum atomic E-state index is 13.6. The number of hydrogen-bond acceptors (Lipinski definition) is 2. The predicted molar refractivity (Wildman–Crippen MR) is 116 cm³/mol. The molecule has 1 unspecified atom stereocenters. The zero-order chi connectivity index (χ0) is 25.7. The number of hydrazine groups is 1. The minimum atomic E-state index is -4.67. The lowest BCUT2D eigenvalue weighted by Crippen LogP contribution is -2.48. The molecule has 3 amide bonds. The number of rotatable bonds is 5. The van der Waals surface area contributed by atoms with Gasteiger partial charge in [-0.3, -0.25) is 10.2 Å². The molecule has 0 heterocycles. The van der Waals surface area contributed by atoms with Gasteiger partial charge in [0.25, 0.3) is 5.91 Å². The Labute approximate surface area is 204 Å². The van der Waals surface area contributed by atoms with Crippen LogP contribution in [0, 0.1) is 0 Å². The molecular formula is C20H14Cl3F6N3O2. The number of halogens is 9. The van der Waals surface area contributed by atoms with Gasteiger partial charge in [-0.15, -0.1) is 0 Å². The Balaban J connectivity index is 2.07. The predicted octanol–water partition coefficient (Wildman–Crippen LogP) is 6.51. The van der Waals surface area contributed by atoms with Gasteiger partial charge in [0, 0.05) is 5.56 Å². The molecule has 0 saturated carbocycles. The van der Waals surface area contributed by atoms with E-state index in [9.17, 15) is 35.9 Å². The third-order valence-corrected chi connectivity index (χ3v) is 5.31. The van der Waals surface area contributed by atoms with Crippen LogP contribution in [-0.2, 0) is 0 Å². The number of carbonyl (C=O) groups excluding carboxylic acids is 2. The molecule has 0 radical (unpaired) electrons. The molecule has 5 nitrogen and oxygen atoms in total. The first-order valence-electron chi connectivity index (χ1n) is 9.07. The van der Waals surface area contributed by atoms with Crippen molar-refractivity contribution in [2.24, 2.45) is 0 Å². The molecule has 2 aromatic carbocycles. The summed E-state index contributed by atoms with van der Waals surface area (Å²) in [5.74, 6) is -2.92. The smallest absolute Gasteiger partial charge is 0.328 e. The Hall–Kier alpha value is -2.63. The van der Waals surface area contributed by atoms with Gasteiger partial charge in [0.1, 0.15) is 6.54 Å². The first-order valence-corrected chi connectivity index (χ1v) is 10.2. The summed E-state index contributed by atoms with van der Waals surface area (Å²) in [7, 11) is 0. The molecule has 1 atom stereocenters. The fraction of sp³-hybridized carbons (Fsp3) is 0.200. The summed E-state index contributed by atoms with van der Waals surface area (Å²) in [6, 6.07) is 5.96. The van der Waals surface area contributed by atoms with Crippen LogP contribution in [0.3, 0.4) is 0 Å². The number of nitrogens with one attached hydrogen (secondary N) is 3. The average Bonchev–Trinajstić information content (AvgIpc) is 2.73. The third kappa shape index (κ3) is 8.30. The summed E-state index contributed by atoms with van der Waals surface area (Å²) in [5.41, 5.74) is 3.68. The number of amides is 3. The van der Waals surface area contributed by atoms with Crippen molar-refractivity contribution in [2.45, 2.75) is 18.3 Å². The Kier molecular flexibility index (Phi) is 9.09. The second kappa shape index (κ2) is 11.2. The van der Waals surface area contributed by atoms with Gasteiger partial charge in [-0.1, -0.05) is 59.1 Å². The van der Waals surface area contributed by atoms with E-state index >= 15 is 0 Å². The van der Waals surface area contributed by atoms with E-state index in [-0.39, 0.29) is 26.2 Å². The van der Waals surface area contributed by atoms with Gasteiger partial charge < -0.3 is 5.32 Å². The Bertz CT molecular complexity index is 1050. The maximum Gasteiger partial charge on any atom is 0.405 e. The van der Waals surface area contributed by atoms with Gasteiger partial charge in [-0.2, -0.15) is 26.3 Å². The van der Waals surface area contributed by atoms with Crippen molar-refractivity contribution < 1.29 is 35.9 Å². The highest BCUT2D eigenvalue weighted by molar-refractivity contribution is 6.48. The summed E-state index contributed by atoms with van der Waals surface area (Å²) in [6.45, 7) is -1.59. The van der Waals surface area contributed by atoms with Crippen molar-refractivity contribution in [1.82, 2.24) is 16.2 Å². The van der Waals surface area contributed by atoms with Crippen molar-refractivity contribution in [1.29, 1.82) is 0 Å². The average molecular weight is 549 g/mol. The second-order valence-electron chi connectivity index (χ2n) is 6.68. The molecule has 34 heavy (non-hydrogen) atoms. The van der Waals surface area contributed by atoms with Crippen LogP contribution < -0.4 is 16.2 Å². The Morgan fingerprint density at radius 1 is 0.912 bits per heavy atom. The fourth-order valence-corrected chi connectivity index (χ4v) is 3.14. The molecule has 2 rings (SSSR count). The lowest BCUT2D eigenvalue weighted by molar-refractivity contribution is -0.139. The summed E-state index contributed by atoms with van der Waals surface area (Å²) in [5, 5.41) is 1.14. The van der Waals surface area contributed by atoms with Crippen molar-refractivity contribution >= 4 is 52.8 Å². The minimum Gasteiger partial charge on any atom is -0.328 e. The van der Waals surface area contributed by atoms with Gasteiger partial charge in [0.05, 0.1) is 21.0 Å². The molecule has 0 spiro atoms. The zero-order valence-electron chi connectivity index (χ0n) is 16.6. The number of carbonyl (C=O) groups is 2. The summed E-state index contributed by atoms with van der Waals surface area (Å²) >= 11 is 17.5. The van der Waals surface area contributed by atoms with Gasteiger partial charge >= 0.3 is 18.4 Å². The normalized spacial score (nSPS) is 13.0. The van der Waals surface area contributed by atoms with Gasteiger partial charge in [0.15, 0.2) is 0 Å². The molecular weight excluding hydrogens is 535 g/mol. The van der Waals surface area contributed by atoms with E-state index in [4.69, 9.17) is 34.8 Å². The number of alkyl halides is 6. The van der Waals surface area contributed by atoms with E-state index < -0.39 is 36.8 Å². The highest BCUT2D eigenvalue weighted by Gasteiger charge is 2.39. The van der Waals surface area contributed by atoms with E-state index in [1.54, 1.807) is 5.43 Å². The summed E-state index contributed by atoms with van der Waals surface area (Å²) in [4.78, 5) is 23.2. The van der Waals surface area contributed by atoms with Gasteiger partial charge in [-0.05, 0) is 35.4 Å². The highest BCUT2D eigenvalue weighted by atomic mass is 35.5. The lowest BCUT2D eigenvalue weighted by Gasteiger charge is -2.18. The van der Waals surface area contributed by atoms with Crippen LogP contribution in [0.25, 0.3) is 6.08 Å². The molecule has 0 aliphatic rings. The molecule has 184 valence electrons. The third-order valence-electron chi connectivity index (χ3n) is 4.11. The highest BCUT2D eigenvalue weighted by Crippen LogP contribution is 2.41. The van der Waals surface area contributed by atoms with Gasteiger partial charge in [0.2, 0.25) is 0 Å². The molecule has 2 aromatic rings. The molecule has 3 N–H and O–H groups in total. The summed E-state index contributed by atoms with van der Waals surface area (Å²) in [6.07, 6.45) is -7.26. The van der Waals surface area contributed by atoms with Crippen LogP contribution in [0.15, 0.2) is 42.5 Å². The Morgan fingerprint density at radius 2 is 1.47 bits per heavy atom. The molecule has 0 aliphatic carbocycles. The van der Waals surface area contributed by atoms with Crippen LogP contribution in [0.2, 0.25) is 15.1 Å². The largest absolute Gasteiger partial charge is 0.405 e. The molecule has 14 heteroatoms. The molecule has 0 saturated heterocycles. The van der Waals surface area contributed by atoms with E-state index in [2.05, 4.69) is 0 Å².